The van der Waals surface area contributed by atoms with Gasteiger partial charge in [-0.15, -0.1) is 0 Å². The van der Waals surface area contributed by atoms with E-state index < -0.39 is 8.07 Å². The summed E-state index contributed by atoms with van der Waals surface area (Å²) in [6.07, 6.45) is 6.70. The van der Waals surface area contributed by atoms with Gasteiger partial charge in [0.2, 0.25) is 0 Å². The molecule has 1 aromatic carbocycles. The van der Waals surface area contributed by atoms with E-state index in [-0.39, 0.29) is 0 Å². The average Bonchev–Trinajstić information content (AvgIpc) is 2.70. The van der Waals surface area contributed by atoms with Crippen LogP contribution in [0.2, 0.25) is 18.1 Å². The molecule has 2 rings (SSSR count). The lowest BCUT2D eigenvalue weighted by Gasteiger charge is -2.24. The van der Waals surface area contributed by atoms with Crippen LogP contribution in [0.5, 0.6) is 0 Å². The lowest BCUT2D eigenvalue weighted by Crippen LogP contribution is -2.46. The van der Waals surface area contributed by atoms with Crippen molar-refractivity contribution in [3.63, 3.8) is 0 Å². The van der Waals surface area contributed by atoms with E-state index in [1.165, 1.54) is 5.19 Å². The molecule has 0 aliphatic carbocycles. The molecule has 2 aromatic rings. The molecule has 0 fully saturated rings. The summed E-state index contributed by atoms with van der Waals surface area (Å²) >= 11 is 6.26. The fourth-order valence-electron chi connectivity index (χ4n) is 1.93. The van der Waals surface area contributed by atoms with Crippen molar-refractivity contribution in [2.45, 2.75) is 19.3 Å². The zero-order valence-electron chi connectivity index (χ0n) is 9.52. The van der Waals surface area contributed by atoms with Crippen molar-refractivity contribution in [1.29, 1.82) is 0 Å². The van der Waals surface area contributed by atoms with Gasteiger partial charge in [0, 0.05) is 23.6 Å². The highest BCUT2D eigenvalue weighted by Gasteiger charge is 2.25. The second-order valence-corrected chi connectivity index (χ2v) is 9.63. The van der Waals surface area contributed by atoms with Crippen molar-refractivity contribution in [2.24, 2.45) is 0 Å². The Bertz CT molecular complexity index is 466. The molecule has 0 aliphatic rings. The van der Waals surface area contributed by atoms with Crippen LogP contribution in [-0.2, 0) is 6.17 Å². The summed E-state index contributed by atoms with van der Waals surface area (Å²) in [4.78, 5) is 4.07. The quantitative estimate of drug-likeness (QED) is 0.766. The third-order valence-electron chi connectivity index (χ3n) is 2.74. The third-order valence-corrected chi connectivity index (χ3v) is 6.28. The van der Waals surface area contributed by atoms with Gasteiger partial charge >= 0.3 is 0 Å². The van der Waals surface area contributed by atoms with Crippen LogP contribution in [0.3, 0.4) is 0 Å². The number of hydrogen-bond acceptors (Lipinski definition) is 1. The predicted octanol–water partition coefficient (Wildman–Crippen LogP) is 2.69. The van der Waals surface area contributed by atoms with Gasteiger partial charge in [-0.1, -0.05) is 42.9 Å². The lowest BCUT2D eigenvalue weighted by molar-refractivity contribution is 0.855. The summed E-state index contributed by atoms with van der Waals surface area (Å²) in [5.74, 6) is 0. The van der Waals surface area contributed by atoms with Gasteiger partial charge in [0.15, 0.2) is 0 Å². The molecule has 16 heavy (non-hydrogen) atoms. The number of nitrogens with zero attached hydrogens (tertiary/aromatic N) is 2. The Morgan fingerprint density at radius 3 is 2.69 bits per heavy atom. The molecule has 0 saturated carbocycles. The normalized spacial score (nSPS) is 11.7. The summed E-state index contributed by atoms with van der Waals surface area (Å²) in [5.41, 5.74) is 0. The van der Waals surface area contributed by atoms with Crippen LogP contribution in [0.25, 0.3) is 0 Å². The number of aromatic nitrogens is 2. The fourth-order valence-corrected chi connectivity index (χ4v) is 5.38. The van der Waals surface area contributed by atoms with E-state index in [2.05, 4.69) is 34.8 Å². The second-order valence-electron chi connectivity index (χ2n) is 4.60. The Hall–Kier alpha value is -1.06. The molecule has 0 amide bonds. The Balaban J connectivity index is 2.28. The summed E-state index contributed by atoms with van der Waals surface area (Å²) in [5, 5.41) is 2.20. The van der Waals surface area contributed by atoms with E-state index in [0.29, 0.717) is 0 Å². The Morgan fingerprint density at radius 1 is 1.31 bits per heavy atom. The smallest absolute Gasteiger partial charge is 0.104 e. The van der Waals surface area contributed by atoms with Crippen LogP contribution in [0.1, 0.15) is 0 Å². The number of halogens is 1. The largest absolute Gasteiger partial charge is 0.340 e. The summed E-state index contributed by atoms with van der Waals surface area (Å²) in [7, 11) is -1.54. The van der Waals surface area contributed by atoms with Crippen molar-refractivity contribution >= 4 is 24.9 Å². The fraction of sp³-hybridized carbons (Fsp3) is 0.250. The Kier molecular flexibility index (Phi) is 3.17. The Labute approximate surface area is 102 Å². The molecule has 0 bridgehead atoms. The molecule has 1 aromatic heterocycles. The molecule has 2 nitrogen and oxygen atoms in total. The van der Waals surface area contributed by atoms with Crippen LogP contribution in [0, 0.1) is 0 Å². The maximum atomic E-state index is 6.26. The van der Waals surface area contributed by atoms with Gasteiger partial charge in [-0.25, -0.2) is 4.98 Å². The highest BCUT2D eigenvalue weighted by atomic mass is 35.5. The average molecular weight is 251 g/mol. The van der Waals surface area contributed by atoms with Crippen molar-refractivity contribution in [1.82, 2.24) is 9.55 Å². The zero-order chi connectivity index (χ0) is 11.6. The van der Waals surface area contributed by atoms with Crippen LogP contribution < -0.4 is 5.19 Å². The van der Waals surface area contributed by atoms with Gasteiger partial charge in [0.25, 0.3) is 0 Å². The van der Waals surface area contributed by atoms with E-state index in [1.807, 2.05) is 30.9 Å². The highest BCUT2D eigenvalue weighted by Crippen LogP contribution is 2.13. The van der Waals surface area contributed by atoms with Crippen LogP contribution >= 0.6 is 11.6 Å². The molecule has 0 radical (unpaired) electrons. The van der Waals surface area contributed by atoms with E-state index in [1.54, 1.807) is 0 Å². The first-order valence-electron chi connectivity index (χ1n) is 5.30. The van der Waals surface area contributed by atoms with E-state index in [9.17, 15) is 0 Å². The van der Waals surface area contributed by atoms with E-state index in [4.69, 9.17) is 11.6 Å². The van der Waals surface area contributed by atoms with E-state index >= 15 is 0 Å². The zero-order valence-corrected chi connectivity index (χ0v) is 11.3. The molecule has 0 spiro atoms. The molecule has 0 aliphatic heterocycles. The number of rotatable bonds is 3. The minimum Gasteiger partial charge on any atom is -0.340 e. The molecular weight excluding hydrogens is 236 g/mol. The first-order chi connectivity index (χ1) is 7.59. The summed E-state index contributed by atoms with van der Waals surface area (Å²) in [6, 6.07) is 8.16. The molecule has 0 N–H and O–H groups in total. The van der Waals surface area contributed by atoms with Crippen LogP contribution in [-0.4, -0.2) is 17.6 Å². The van der Waals surface area contributed by atoms with Gasteiger partial charge in [-0.2, -0.15) is 0 Å². The SMILES string of the molecule is C[Si](C)(Cn1ccnc1)c1ccccc1Cl. The maximum absolute atomic E-state index is 6.26. The van der Waals surface area contributed by atoms with Gasteiger partial charge in [-0.05, 0) is 11.3 Å². The molecule has 84 valence electrons. The minimum absolute atomic E-state index is 0.888. The molecular formula is C12H15ClN2Si. The first kappa shape index (κ1) is 11.4. The Morgan fingerprint density at radius 2 is 2.06 bits per heavy atom. The summed E-state index contributed by atoms with van der Waals surface area (Å²) in [6.45, 7) is 4.66. The molecule has 4 heteroatoms. The van der Waals surface area contributed by atoms with E-state index in [0.717, 1.165) is 11.2 Å². The minimum atomic E-state index is -1.54. The number of imidazole rings is 1. The van der Waals surface area contributed by atoms with Gasteiger partial charge in [0.1, 0.15) is 8.07 Å². The topological polar surface area (TPSA) is 17.8 Å². The second kappa shape index (κ2) is 4.43. The lowest BCUT2D eigenvalue weighted by atomic mass is 10.4. The molecule has 0 atom stereocenters. The van der Waals surface area contributed by atoms with Crippen LogP contribution in [0.4, 0.5) is 0 Å². The number of hydrogen-bond donors (Lipinski definition) is 0. The number of benzene rings is 1. The van der Waals surface area contributed by atoms with Crippen molar-refractivity contribution < 1.29 is 0 Å². The standard InChI is InChI=1S/C12H15ClN2Si/c1-16(2,10-15-8-7-14-9-15)12-6-4-3-5-11(12)13/h3-9H,10H2,1-2H3. The first-order valence-corrected chi connectivity index (χ1v) is 8.89. The summed E-state index contributed by atoms with van der Waals surface area (Å²) < 4.78 is 2.13. The monoisotopic (exact) mass is 250 g/mol. The molecule has 0 saturated heterocycles. The van der Waals surface area contributed by atoms with Gasteiger partial charge in [-0.3, -0.25) is 0 Å². The van der Waals surface area contributed by atoms with Crippen molar-refractivity contribution in [3.8, 4) is 0 Å². The van der Waals surface area contributed by atoms with Gasteiger partial charge in [0.05, 0.1) is 6.33 Å². The maximum Gasteiger partial charge on any atom is 0.104 e. The molecule has 0 unspecified atom stereocenters. The van der Waals surface area contributed by atoms with Crippen molar-refractivity contribution in [2.75, 3.05) is 0 Å². The highest BCUT2D eigenvalue weighted by molar-refractivity contribution is 6.90. The van der Waals surface area contributed by atoms with Crippen LogP contribution in [0.15, 0.2) is 43.0 Å². The molecule has 1 heterocycles. The third kappa shape index (κ3) is 2.36. The van der Waals surface area contributed by atoms with Gasteiger partial charge < -0.3 is 4.57 Å². The van der Waals surface area contributed by atoms with Crippen molar-refractivity contribution in [3.05, 3.63) is 48.0 Å². The predicted molar refractivity (Wildman–Crippen MR) is 70.8 cm³/mol.